The molecule has 0 spiro atoms. The molecule has 0 saturated heterocycles. The van der Waals surface area contributed by atoms with Crippen LogP contribution in [-0.2, 0) is 0 Å². The Morgan fingerprint density at radius 3 is 2.47 bits per heavy atom. The van der Waals surface area contributed by atoms with E-state index in [0.717, 1.165) is 24.8 Å². The second-order valence-corrected chi connectivity index (χ2v) is 3.96. The fourth-order valence-electron chi connectivity index (χ4n) is 1.64. The van der Waals surface area contributed by atoms with E-state index in [0.29, 0.717) is 5.69 Å². The first-order chi connectivity index (χ1) is 8.10. The van der Waals surface area contributed by atoms with E-state index in [-0.39, 0.29) is 5.69 Å². The number of rotatable bonds is 5. The second kappa shape index (κ2) is 6.13. The molecule has 4 nitrogen and oxygen atoms in total. The van der Waals surface area contributed by atoms with Crippen molar-refractivity contribution in [1.29, 1.82) is 0 Å². The molecule has 4 heteroatoms. The van der Waals surface area contributed by atoms with Crippen LogP contribution in [0.5, 0.6) is 0 Å². The van der Waals surface area contributed by atoms with Crippen LogP contribution in [0, 0.1) is 0 Å². The van der Waals surface area contributed by atoms with Crippen LogP contribution in [0.4, 0.5) is 0 Å². The molecule has 1 heterocycles. The molecule has 0 radical (unpaired) electrons. The van der Waals surface area contributed by atoms with Crippen molar-refractivity contribution in [1.82, 2.24) is 9.97 Å². The highest BCUT2D eigenvalue weighted by atomic mass is 16.4. The molecule has 0 unspecified atom stereocenters. The van der Waals surface area contributed by atoms with E-state index >= 15 is 0 Å². The van der Waals surface area contributed by atoms with Crippen molar-refractivity contribution >= 4 is 11.5 Å². The quantitative estimate of drug-likeness (QED) is 0.850. The minimum Gasteiger partial charge on any atom is -0.476 e. The van der Waals surface area contributed by atoms with E-state index in [1.54, 1.807) is 6.20 Å². The van der Waals surface area contributed by atoms with Gasteiger partial charge in [-0.1, -0.05) is 25.8 Å². The minimum absolute atomic E-state index is 0.00000567. The molecule has 0 aliphatic rings. The lowest BCUT2D eigenvalue weighted by molar-refractivity contribution is 0.0690. The van der Waals surface area contributed by atoms with Gasteiger partial charge in [-0.25, -0.2) is 9.78 Å². The van der Waals surface area contributed by atoms with E-state index in [9.17, 15) is 4.79 Å². The van der Waals surface area contributed by atoms with E-state index in [4.69, 9.17) is 5.11 Å². The Kier molecular flexibility index (Phi) is 4.82. The molecule has 0 saturated carbocycles. The van der Waals surface area contributed by atoms with Gasteiger partial charge in [0.1, 0.15) is 0 Å². The summed E-state index contributed by atoms with van der Waals surface area (Å²) in [5, 5.41) is 8.90. The van der Waals surface area contributed by atoms with Gasteiger partial charge in [0.05, 0.1) is 18.1 Å². The van der Waals surface area contributed by atoms with Gasteiger partial charge in [-0.3, -0.25) is 4.98 Å². The number of carboxylic acids is 1. The molecule has 17 heavy (non-hydrogen) atoms. The summed E-state index contributed by atoms with van der Waals surface area (Å²) in [5.74, 6) is -1.04. The number of hydrogen-bond donors (Lipinski definition) is 1. The van der Waals surface area contributed by atoms with Crippen LogP contribution in [0.3, 0.4) is 0 Å². The van der Waals surface area contributed by atoms with Crippen LogP contribution in [0.25, 0.3) is 5.57 Å². The van der Waals surface area contributed by atoms with Gasteiger partial charge in [0.15, 0.2) is 5.69 Å². The molecular weight excluding hydrogens is 216 g/mol. The van der Waals surface area contributed by atoms with Crippen molar-refractivity contribution in [3.8, 4) is 0 Å². The Hall–Kier alpha value is -1.71. The average Bonchev–Trinajstić information content (AvgIpc) is 2.35. The number of aromatic nitrogens is 2. The van der Waals surface area contributed by atoms with Crippen LogP contribution in [0.2, 0.25) is 0 Å². The largest absolute Gasteiger partial charge is 0.476 e. The second-order valence-electron chi connectivity index (χ2n) is 3.96. The normalized spacial score (nSPS) is 12.2. The van der Waals surface area contributed by atoms with Gasteiger partial charge >= 0.3 is 5.97 Å². The van der Waals surface area contributed by atoms with Crippen molar-refractivity contribution < 1.29 is 9.90 Å². The molecule has 0 atom stereocenters. The van der Waals surface area contributed by atoms with Gasteiger partial charge < -0.3 is 5.11 Å². The van der Waals surface area contributed by atoms with Crippen molar-refractivity contribution in [2.75, 3.05) is 0 Å². The Bertz CT molecular complexity index is 439. The molecule has 0 aliphatic carbocycles. The lowest BCUT2D eigenvalue weighted by Gasteiger charge is -2.10. The summed E-state index contributed by atoms with van der Waals surface area (Å²) in [6, 6.07) is 0. The number of nitrogens with zero attached hydrogens (tertiary/aromatic N) is 2. The highest BCUT2D eigenvalue weighted by molar-refractivity contribution is 5.85. The topological polar surface area (TPSA) is 63.1 Å². The molecule has 0 aliphatic heterocycles. The average molecular weight is 234 g/mol. The summed E-state index contributed by atoms with van der Waals surface area (Å²) >= 11 is 0. The maximum Gasteiger partial charge on any atom is 0.356 e. The Morgan fingerprint density at radius 2 is 1.94 bits per heavy atom. The maximum atomic E-state index is 10.9. The fraction of sp³-hybridized carbons (Fsp3) is 0.462. The molecule has 0 aromatic carbocycles. The third-order valence-corrected chi connectivity index (χ3v) is 2.71. The molecular formula is C13H18N2O2. The highest BCUT2D eigenvalue weighted by Crippen LogP contribution is 2.23. The first kappa shape index (κ1) is 13.4. The van der Waals surface area contributed by atoms with E-state index in [1.165, 1.54) is 11.8 Å². The van der Waals surface area contributed by atoms with Crippen molar-refractivity contribution in [3.63, 3.8) is 0 Å². The molecule has 0 bridgehead atoms. The van der Waals surface area contributed by atoms with Gasteiger partial charge in [-0.15, -0.1) is 0 Å². The van der Waals surface area contributed by atoms with Crippen LogP contribution in [0.15, 0.2) is 18.0 Å². The third kappa shape index (κ3) is 3.37. The molecule has 0 fully saturated rings. The van der Waals surface area contributed by atoms with Gasteiger partial charge in [0, 0.05) is 0 Å². The number of carbonyl (C=O) groups is 1. The monoisotopic (exact) mass is 234 g/mol. The zero-order valence-electron chi connectivity index (χ0n) is 10.5. The molecule has 1 rings (SSSR count). The summed E-state index contributed by atoms with van der Waals surface area (Å²) in [7, 11) is 0. The van der Waals surface area contributed by atoms with Crippen LogP contribution in [-0.4, -0.2) is 21.0 Å². The zero-order valence-corrected chi connectivity index (χ0v) is 10.5. The first-order valence-corrected chi connectivity index (χ1v) is 5.84. The lowest BCUT2D eigenvalue weighted by atomic mass is 10.00. The van der Waals surface area contributed by atoms with Crippen molar-refractivity contribution in [2.45, 2.75) is 40.0 Å². The third-order valence-electron chi connectivity index (χ3n) is 2.71. The summed E-state index contributed by atoms with van der Waals surface area (Å²) in [5.41, 5.74) is 3.04. The first-order valence-electron chi connectivity index (χ1n) is 5.84. The Labute approximate surface area is 101 Å². The zero-order chi connectivity index (χ0) is 12.8. The predicted molar refractivity (Wildman–Crippen MR) is 66.8 cm³/mol. The number of hydrogen-bond acceptors (Lipinski definition) is 3. The Balaban J connectivity index is 3.20. The van der Waals surface area contributed by atoms with Crippen LogP contribution < -0.4 is 0 Å². The molecule has 1 N–H and O–H groups in total. The molecule has 1 aromatic rings. The van der Waals surface area contributed by atoms with Crippen molar-refractivity contribution in [2.24, 2.45) is 0 Å². The molecule has 1 aromatic heterocycles. The van der Waals surface area contributed by atoms with Crippen LogP contribution >= 0.6 is 0 Å². The molecule has 0 amide bonds. The minimum atomic E-state index is -1.04. The Morgan fingerprint density at radius 1 is 1.29 bits per heavy atom. The van der Waals surface area contributed by atoms with Crippen LogP contribution in [0.1, 0.15) is 56.2 Å². The SMILES string of the molecule is CCC/C(=C(/C)CC)c1cncc(C(=O)O)n1. The highest BCUT2D eigenvalue weighted by Gasteiger charge is 2.10. The van der Waals surface area contributed by atoms with Gasteiger partial charge in [0.25, 0.3) is 0 Å². The lowest BCUT2D eigenvalue weighted by Crippen LogP contribution is -2.04. The summed E-state index contributed by atoms with van der Waals surface area (Å²) in [4.78, 5) is 18.9. The van der Waals surface area contributed by atoms with Gasteiger partial charge in [-0.2, -0.15) is 0 Å². The molecule has 92 valence electrons. The number of carboxylic acid groups (broad SMARTS) is 1. The number of allylic oxidation sites excluding steroid dienone is 2. The number of aromatic carboxylic acids is 1. The van der Waals surface area contributed by atoms with E-state index in [2.05, 4.69) is 30.7 Å². The predicted octanol–water partition coefficient (Wildman–Crippen LogP) is 3.16. The van der Waals surface area contributed by atoms with E-state index < -0.39 is 5.97 Å². The summed E-state index contributed by atoms with van der Waals surface area (Å²) < 4.78 is 0. The summed E-state index contributed by atoms with van der Waals surface area (Å²) in [6.45, 7) is 6.23. The fourth-order valence-corrected chi connectivity index (χ4v) is 1.64. The van der Waals surface area contributed by atoms with Gasteiger partial charge in [-0.05, 0) is 25.3 Å². The summed E-state index contributed by atoms with van der Waals surface area (Å²) in [6.07, 6.45) is 5.75. The van der Waals surface area contributed by atoms with E-state index in [1.807, 2.05) is 0 Å². The van der Waals surface area contributed by atoms with Crippen molar-refractivity contribution in [3.05, 3.63) is 29.4 Å². The van der Waals surface area contributed by atoms with Gasteiger partial charge in [0.2, 0.25) is 0 Å². The standard InChI is InChI=1S/C13H18N2O2/c1-4-6-10(9(3)5-2)11-7-14-8-12(15-11)13(16)17/h7-8H,4-6H2,1-3H3,(H,16,17)/b10-9+. The maximum absolute atomic E-state index is 10.9. The smallest absolute Gasteiger partial charge is 0.356 e.